The van der Waals surface area contributed by atoms with Crippen LogP contribution in [0.4, 0.5) is 0 Å². The zero-order valence-corrected chi connectivity index (χ0v) is 25.1. The van der Waals surface area contributed by atoms with Gasteiger partial charge in [0.1, 0.15) is 11.4 Å². The summed E-state index contributed by atoms with van der Waals surface area (Å²) < 4.78 is 19.1. The van der Waals surface area contributed by atoms with Gasteiger partial charge in [0.25, 0.3) is 0 Å². The molecular weight excluding hydrogens is 468 g/mol. The molecule has 6 heteroatoms. The van der Waals surface area contributed by atoms with Crippen LogP contribution in [-0.2, 0) is 15.9 Å². The van der Waals surface area contributed by atoms with E-state index in [1.165, 1.54) is 11.1 Å². The first-order valence-corrected chi connectivity index (χ1v) is 17.0. The SMILES string of the molecule is CC(C)CCC1([C@@H](C)[C@@]2(O)[C@@H](O)C[C@H]3c4ccc(O[Si](C)(C)C(C)(C)C)cc4CC[C@@]32C)OCCO1. The van der Waals surface area contributed by atoms with E-state index in [1.54, 1.807) is 0 Å². The monoisotopic (exact) mass is 518 g/mol. The first-order valence-electron chi connectivity index (χ1n) is 14.1. The molecule has 1 saturated heterocycles. The van der Waals surface area contributed by atoms with Crippen molar-refractivity contribution in [2.45, 2.75) is 122 Å². The Labute approximate surface area is 220 Å². The van der Waals surface area contributed by atoms with Crippen LogP contribution in [-0.4, -0.2) is 49.2 Å². The van der Waals surface area contributed by atoms with Gasteiger partial charge in [0.15, 0.2) is 5.79 Å². The van der Waals surface area contributed by atoms with Crippen molar-refractivity contribution in [3.05, 3.63) is 29.3 Å². The third-order valence-electron chi connectivity index (χ3n) is 10.4. The van der Waals surface area contributed by atoms with Crippen molar-refractivity contribution in [1.29, 1.82) is 0 Å². The van der Waals surface area contributed by atoms with Crippen LogP contribution in [0.1, 0.15) is 91.2 Å². The zero-order chi connectivity index (χ0) is 26.7. The van der Waals surface area contributed by atoms with Gasteiger partial charge >= 0.3 is 0 Å². The van der Waals surface area contributed by atoms with E-state index in [2.05, 4.69) is 72.8 Å². The van der Waals surface area contributed by atoms with Crippen molar-refractivity contribution >= 4 is 8.32 Å². The first-order chi connectivity index (χ1) is 16.6. The molecule has 0 spiro atoms. The van der Waals surface area contributed by atoms with Crippen LogP contribution in [0, 0.1) is 17.3 Å². The number of aliphatic hydroxyl groups is 2. The molecule has 1 aliphatic heterocycles. The van der Waals surface area contributed by atoms with Crippen LogP contribution < -0.4 is 4.43 Å². The molecule has 5 nitrogen and oxygen atoms in total. The van der Waals surface area contributed by atoms with Crippen LogP contribution in [0.2, 0.25) is 18.1 Å². The van der Waals surface area contributed by atoms with Crippen molar-refractivity contribution in [3.63, 3.8) is 0 Å². The van der Waals surface area contributed by atoms with Crippen molar-refractivity contribution < 1.29 is 24.1 Å². The average Bonchev–Trinajstić information content (AvgIpc) is 3.34. The number of aryl methyl sites for hydroxylation is 1. The van der Waals surface area contributed by atoms with Gasteiger partial charge in [-0.25, -0.2) is 0 Å². The fourth-order valence-electron chi connectivity index (χ4n) is 6.90. The lowest BCUT2D eigenvalue weighted by atomic mass is 9.57. The topological polar surface area (TPSA) is 68.2 Å². The van der Waals surface area contributed by atoms with Gasteiger partial charge in [-0.2, -0.15) is 0 Å². The van der Waals surface area contributed by atoms with Crippen molar-refractivity contribution in [1.82, 2.24) is 0 Å². The summed E-state index contributed by atoms with van der Waals surface area (Å²) in [6.45, 7) is 21.0. The molecular formula is C30H50O5Si. The second-order valence-electron chi connectivity index (χ2n) is 13.9. The molecule has 4 rings (SSSR count). The molecule has 0 radical (unpaired) electrons. The van der Waals surface area contributed by atoms with Crippen LogP contribution in [0.25, 0.3) is 0 Å². The van der Waals surface area contributed by atoms with E-state index in [4.69, 9.17) is 13.9 Å². The van der Waals surface area contributed by atoms with E-state index in [9.17, 15) is 10.2 Å². The fourth-order valence-corrected chi connectivity index (χ4v) is 7.92. The Balaban J connectivity index is 1.65. The lowest BCUT2D eigenvalue weighted by molar-refractivity contribution is -0.274. The largest absolute Gasteiger partial charge is 0.543 e. The summed E-state index contributed by atoms with van der Waals surface area (Å²) in [6, 6.07) is 6.52. The van der Waals surface area contributed by atoms with Crippen molar-refractivity contribution in [3.8, 4) is 5.75 Å². The molecule has 0 bridgehead atoms. The first kappa shape index (κ1) is 28.1. The maximum atomic E-state index is 12.5. The Morgan fingerprint density at radius 1 is 1.14 bits per heavy atom. The van der Waals surface area contributed by atoms with Gasteiger partial charge in [-0.05, 0) is 78.9 Å². The summed E-state index contributed by atoms with van der Waals surface area (Å²) in [4.78, 5) is 0. The van der Waals surface area contributed by atoms with E-state index >= 15 is 0 Å². The number of aliphatic hydroxyl groups excluding tert-OH is 1. The van der Waals surface area contributed by atoms with Gasteiger partial charge in [0, 0.05) is 17.8 Å². The Hall–Kier alpha value is -0.923. The van der Waals surface area contributed by atoms with E-state index in [0.717, 1.165) is 31.4 Å². The number of fused-ring (bicyclic) bond motifs is 3. The molecule has 1 aromatic carbocycles. The molecule has 2 aliphatic carbocycles. The lowest BCUT2D eigenvalue weighted by Gasteiger charge is -2.53. The minimum Gasteiger partial charge on any atom is -0.543 e. The van der Waals surface area contributed by atoms with Crippen molar-refractivity contribution in [2.75, 3.05) is 13.2 Å². The summed E-state index contributed by atoms with van der Waals surface area (Å²) >= 11 is 0. The number of benzene rings is 1. The van der Waals surface area contributed by atoms with Crippen LogP contribution in [0.5, 0.6) is 5.75 Å². The number of rotatable bonds is 7. The smallest absolute Gasteiger partial charge is 0.250 e. The molecule has 36 heavy (non-hydrogen) atoms. The Bertz CT molecular complexity index is 947. The molecule has 2 N–H and O–H groups in total. The van der Waals surface area contributed by atoms with Gasteiger partial charge in [-0.15, -0.1) is 0 Å². The number of hydrogen-bond donors (Lipinski definition) is 2. The van der Waals surface area contributed by atoms with Gasteiger partial charge in [0.05, 0.1) is 19.3 Å². The molecule has 3 aliphatic rings. The third-order valence-corrected chi connectivity index (χ3v) is 14.8. The minimum atomic E-state index is -1.93. The van der Waals surface area contributed by atoms with E-state index < -0.39 is 31.2 Å². The molecule has 0 amide bonds. The lowest BCUT2D eigenvalue weighted by Crippen LogP contribution is -2.62. The molecule has 1 heterocycles. The van der Waals surface area contributed by atoms with Crippen molar-refractivity contribution in [2.24, 2.45) is 17.3 Å². The predicted molar refractivity (Wildman–Crippen MR) is 147 cm³/mol. The second kappa shape index (κ2) is 9.37. The van der Waals surface area contributed by atoms with E-state index in [1.807, 2.05) is 6.92 Å². The van der Waals surface area contributed by atoms with Gasteiger partial charge in [-0.1, -0.05) is 54.5 Å². The Kier molecular flexibility index (Phi) is 7.31. The molecule has 0 aromatic heterocycles. The highest BCUT2D eigenvalue weighted by Crippen LogP contribution is 2.64. The fraction of sp³-hybridized carbons (Fsp3) is 0.800. The van der Waals surface area contributed by atoms with Gasteiger partial charge in [-0.3, -0.25) is 0 Å². The molecule has 0 unspecified atom stereocenters. The molecule has 2 fully saturated rings. The molecule has 204 valence electrons. The van der Waals surface area contributed by atoms with Crippen LogP contribution in [0.3, 0.4) is 0 Å². The maximum Gasteiger partial charge on any atom is 0.250 e. The van der Waals surface area contributed by atoms with Gasteiger partial charge < -0.3 is 24.1 Å². The summed E-state index contributed by atoms with van der Waals surface area (Å²) in [6.07, 6.45) is 3.07. The minimum absolute atomic E-state index is 0.0779. The Morgan fingerprint density at radius 3 is 2.36 bits per heavy atom. The normalized spacial score (nSPS) is 32.9. The zero-order valence-electron chi connectivity index (χ0n) is 24.1. The molecule has 1 aromatic rings. The van der Waals surface area contributed by atoms with E-state index in [0.29, 0.717) is 25.6 Å². The summed E-state index contributed by atoms with van der Waals surface area (Å²) in [7, 11) is -1.93. The van der Waals surface area contributed by atoms with Gasteiger partial charge in [0.2, 0.25) is 8.32 Å². The Morgan fingerprint density at radius 2 is 1.78 bits per heavy atom. The number of hydrogen-bond acceptors (Lipinski definition) is 5. The van der Waals surface area contributed by atoms with Crippen LogP contribution >= 0.6 is 0 Å². The molecule has 1 saturated carbocycles. The highest BCUT2D eigenvalue weighted by Gasteiger charge is 2.69. The highest BCUT2D eigenvalue weighted by atomic mass is 28.4. The maximum absolute atomic E-state index is 12.5. The standard InChI is InChI=1S/C30H50O5Si/c1-20(2)12-15-29(33-16-17-34-29)21(3)30(32)26(31)19-25-24-11-10-23(35-36(8,9)27(4,5)6)18-22(24)13-14-28(25,30)7/h10-11,18,20-21,25-26,31-32H,12-17,19H2,1-9H3/t21-,25+,26+,28+,30-/m1/s1. The summed E-state index contributed by atoms with van der Waals surface area (Å²) in [5.41, 5.74) is 0.770. The predicted octanol–water partition coefficient (Wildman–Crippen LogP) is 6.42. The second-order valence-corrected chi connectivity index (χ2v) is 18.7. The quantitative estimate of drug-likeness (QED) is 0.408. The highest BCUT2D eigenvalue weighted by molar-refractivity contribution is 6.74. The molecule has 5 atom stereocenters. The van der Waals surface area contributed by atoms with Crippen LogP contribution in [0.15, 0.2) is 18.2 Å². The number of ether oxygens (including phenoxy) is 2. The van der Waals surface area contributed by atoms with E-state index in [-0.39, 0.29) is 16.9 Å². The average molecular weight is 519 g/mol. The third kappa shape index (κ3) is 4.39. The summed E-state index contributed by atoms with van der Waals surface area (Å²) in [5, 5.41) is 24.1. The summed E-state index contributed by atoms with van der Waals surface area (Å²) in [5.74, 6) is 0.344.